The highest BCUT2D eigenvalue weighted by Gasteiger charge is 2.36. The molecule has 1 aliphatic rings. The molecule has 2 heterocycles. The maximum absolute atomic E-state index is 13.7. The zero-order chi connectivity index (χ0) is 30.8. The molecule has 0 saturated heterocycles. The van der Waals surface area contributed by atoms with Crippen molar-refractivity contribution in [1.82, 2.24) is 14.4 Å². The van der Waals surface area contributed by atoms with Crippen LogP contribution in [-0.4, -0.2) is 78.7 Å². The second kappa shape index (κ2) is 12.5. The van der Waals surface area contributed by atoms with Crippen LogP contribution in [0.1, 0.15) is 35.7 Å². The number of aromatic nitrogens is 1. The minimum Gasteiger partial charge on any atom is -0.488 e. The summed E-state index contributed by atoms with van der Waals surface area (Å²) in [5.74, 6) is -0.829. The Balaban J connectivity index is 1.62. The van der Waals surface area contributed by atoms with Crippen LogP contribution < -0.4 is 15.4 Å². The van der Waals surface area contributed by atoms with E-state index in [9.17, 15) is 27.5 Å². The van der Waals surface area contributed by atoms with Gasteiger partial charge in [-0.3, -0.25) is 4.79 Å². The van der Waals surface area contributed by atoms with Crippen LogP contribution in [-0.2, 0) is 10.0 Å². The molecule has 42 heavy (non-hydrogen) atoms. The molecule has 0 unspecified atom stereocenters. The minimum absolute atomic E-state index is 0.00997. The number of fused-ring (bicyclic) bond motifs is 1. The van der Waals surface area contributed by atoms with Gasteiger partial charge in [0, 0.05) is 30.9 Å². The summed E-state index contributed by atoms with van der Waals surface area (Å²) in [4.78, 5) is 27.7. The molecule has 0 fully saturated rings. The third-order valence-corrected chi connectivity index (χ3v) is 9.17. The van der Waals surface area contributed by atoms with E-state index >= 15 is 0 Å². The molecule has 3 amide bonds. The van der Waals surface area contributed by atoms with Gasteiger partial charge in [0.15, 0.2) is 5.76 Å². The maximum atomic E-state index is 13.7. The number of sulfonamides is 1. The van der Waals surface area contributed by atoms with E-state index in [1.807, 2.05) is 6.92 Å². The quantitative estimate of drug-likeness (QED) is 0.353. The van der Waals surface area contributed by atoms with Crippen molar-refractivity contribution in [2.24, 2.45) is 5.92 Å². The number of rotatable bonds is 8. The summed E-state index contributed by atoms with van der Waals surface area (Å²) in [6, 6.07) is 8.60. The number of carbonyl (C=O) groups is 2. The Hall–Kier alpha value is -4.01. The van der Waals surface area contributed by atoms with E-state index in [0.717, 1.165) is 0 Å². The van der Waals surface area contributed by atoms with E-state index in [1.165, 1.54) is 59.6 Å². The number of hydrogen-bond acceptors (Lipinski definition) is 8. The molecule has 0 aliphatic carbocycles. The first-order valence-electron chi connectivity index (χ1n) is 13.3. The Bertz CT molecular complexity index is 1540. The first-order valence-corrected chi connectivity index (χ1v) is 14.7. The normalized spacial score (nSPS) is 18.1. The lowest BCUT2D eigenvalue weighted by Gasteiger charge is -2.38. The lowest BCUT2D eigenvalue weighted by atomic mass is 9.99. The fraction of sp³-hybridized carbons (Fsp3) is 0.393. The largest absolute Gasteiger partial charge is 0.488 e. The Morgan fingerprint density at radius 1 is 1.19 bits per heavy atom. The second-order valence-electron chi connectivity index (χ2n) is 10.4. The zero-order valence-corrected chi connectivity index (χ0v) is 24.7. The van der Waals surface area contributed by atoms with Crippen molar-refractivity contribution >= 4 is 33.3 Å². The number of carbonyl (C=O) groups excluding carboxylic acids is 2. The van der Waals surface area contributed by atoms with Crippen molar-refractivity contribution in [2.75, 3.05) is 37.4 Å². The number of amides is 3. The van der Waals surface area contributed by atoms with Gasteiger partial charge in [-0.25, -0.2) is 17.6 Å². The van der Waals surface area contributed by atoms with E-state index in [-0.39, 0.29) is 59.0 Å². The predicted octanol–water partition coefficient (Wildman–Crippen LogP) is 3.62. The number of likely N-dealkylation sites (N-methyl/N-ethyl adjacent to an activating group) is 1. The highest BCUT2D eigenvalue weighted by atomic mass is 32.2. The summed E-state index contributed by atoms with van der Waals surface area (Å²) in [5, 5.41) is 18.9. The molecule has 3 atom stereocenters. The van der Waals surface area contributed by atoms with Crippen LogP contribution >= 0.6 is 0 Å². The van der Waals surface area contributed by atoms with Crippen LogP contribution in [0.15, 0.2) is 51.9 Å². The van der Waals surface area contributed by atoms with Gasteiger partial charge >= 0.3 is 6.03 Å². The molecule has 2 aromatic carbocycles. The van der Waals surface area contributed by atoms with Gasteiger partial charge in [-0.05, 0) is 63.2 Å². The van der Waals surface area contributed by atoms with Gasteiger partial charge < -0.3 is 29.9 Å². The zero-order valence-electron chi connectivity index (χ0n) is 23.9. The number of benzene rings is 2. The van der Waals surface area contributed by atoms with Crippen LogP contribution in [0, 0.1) is 25.6 Å². The highest BCUT2D eigenvalue weighted by molar-refractivity contribution is 7.89. The number of aryl methyl sites for hydroxylation is 2. The van der Waals surface area contributed by atoms with Crippen molar-refractivity contribution in [2.45, 2.75) is 44.7 Å². The number of aliphatic hydroxyl groups is 1. The Morgan fingerprint density at radius 3 is 2.45 bits per heavy atom. The van der Waals surface area contributed by atoms with Crippen molar-refractivity contribution < 1.29 is 36.8 Å². The van der Waals surface area contributed by atoms with E-state index < -0.39 is 39.9 Å². The number of anilines is 2. The smallest absolute Gasteiger partial charge is 0.323 e. The highest BCUT2D eigenvalue weighted by Crippen LogP contribution is 2.32. The van der Waals surface area contributed by atoms with Gasteiger partial charge in [0.05, 0.1) is 24.8 Å². The molecule has 3 aromatic rings. The average Bonchev–Trinajstić information content (AvgIpc) is 3.29. The van der Waals surface area contributed by atoms with Crippen LogP contribution in [0.2, 0.25) is 0 Å². The van der Waals surface area contributed by atoms with E-state index in [2.05, 4.69) is 15.8 Å². The second-order valence-corrected chi connectivity index (χ2v) is 12.3. The average molecular weight is 604 g/mol. The molecule has 1 aromatic heterocycles. The standard InChI is InChI=1S/C28H34FN5O7S/c1-16-13-34(17(2)15-35)27(36)23-12-22(31-28(37)30-21-8-6-20(29)7-9-21)10-11-24(23)40-25(16)14-33(5)42(38,39)26-18(3)32-41-19(26)4/h6-12,16-17,25,35H,13-15H2,1-5H3,(H2,30,31,37)/t16-,17-,25-/m0/s1. The number of ether oxygens (including phenoxy) is 1. The molecule has 226 valence electrons. The summed E-state index contributed by atoms with van der Waals surface area (Å²) in [5.41, 5.74) is 1.02. The lowest BCUT2D eigenvalue weighted by molar-refractivity contribution is 0.0387. The van der Waals surface area contributed by atoms with Crippen LogP contribution in [0.4, 0.5) is 20.6 Å². The van der Waals surface area contributed by atoms with Gasteiger partial charge in [-0.2, -0.15) is 4.31 Å². The third kappa shape index (κ3) is 6.55. The van der Waals surface area contributed by atoms with Crippen LogP contribution in [0.3, 0.4) is 0 Å². The van der Waals surface area contributed by atoms with E-state index in [0.29, 0.717) is 5.69 Å². The summed E-state index contributed by atoms with van der Waals surface area (Å²) < 4.78 is 52.5. The monoisotopic (exact) mass is 603 g/mol. The Morgan fingerprint density at radius 2 is 1.83 bits per heavy atom. The fourth-order valence-corrected chi connectivity index (χ4v) is 6.16. The molecule has 0 spiro atoms. The van der Waals surface area contributed by atoms with Crippen LogP contribution in [0.5, 0.6) is 5.75 Å². The SMILES string of the molecule is Cc1noc(C)c1S(=O)(=O)N(C)C[C@@H]1Oc2ccc(NC(=O)Nc3ccc(F)cc3)cc2C(=O)N([C@@H](C)CO)C[C@@H]1C. The van der Waals surface area contributed by atoms with Crippen molar-refractivity contribution in [3.05, 3.63) is 65.3 Å². The van der Waals surface area contributed by atoms with Crippen LogP contribution in [0.25, 0.3) is 0 Å². The van der Waals surface area contributed by atoms with E-state index in [4.69, 9.17) is 9.26 Å². The van der Waals surface area contributed by atoms with Gasteiger partial charge in [0.25, 0.3) is 5.91 Å². The predicted molar refractivity (Wildman–Crippen MR) is 152 cm³/mol. The maximum Gasteiger partial charge on any atom is 0.323 e. The molecule has 4 rings (SSSR count). The van der Waals surface area contributed by atoms with Gasteiger partial charge in [0.2, 0.25) is 10.0 Å². The minimum atomic E-state index is -3.97. The third-order valence-electron chi connectivity index (χ3n) is 7.10. The first-order chi connectivity index (χ1) is 19.8. The summed E-state index contributed by atoms with van der Waals surface area (Å²) in [6.45, 7) is 6.44. The summed E-state index contributed by atoms with van der Waals surface area (Å²) in [7, 11) is -2.54. The van der Waals surface area contributed by atoms with Crippen molar-refractivity contribution in [3.63, 3.8) is 0 Å². The Kier molecular flexibility index (Phi) is 9.18. The molecule has 12 nitrogen and oxygen atoms in total. The number of nitrogens with zero attached hydrogens (tertiary/aromatic N) is 3. The lowest BCUT2D eigenvalue weighted by Crippen LogP contribution is -2.50. The fourth-order valence-electron chi connectivity index (χ4n) is 4.70. The summed E-state index contributed by atoms with van der Waals surface area (Å²) in [6.07, 6.45) is -0.689. The van der Waals surface area contributed by atoms with Crippen molar-refractivity contribution in [3.8, 4) is 5.75 Å². The van der Waals surface area contributed by atoms with Gasteiger partial charge in [0.1, 0.15) is 28.3 Å². The topological polar surface area (TPSA) is 154 Å². The van der Waals surface area contributed by atoms with E-state index in [1.54, 1.807) is 19.9 Å². The van der Waals surface area contributed by atoms with Gasteiger partial charge in [-0.15, -0.1) is 0 Å². The molecular formula is C28H34FN5O7S. The molecule has 0 bridgehead atoms. The molecule has 1 aliphatic heterocycles. The number of nitrogens with one attached hydrogen (secondary N) is 2. The summed E-state index contributed by atoms with van der Waals surface area (Å²) >= 11 is 0. The molecule has 0 radical (unpaired) electrons. The van der Waals surface area contributed by atoms with Crippen molar-refractivity contribution in [1.29, 1.82) is 0 Å². The molecular weight excluding hydrogens is 569 g/mol. The first kappa shape index (κ1) is 30.9. The number of hydrogen-bond donors (Lipinski definition) is 3. The number of aliphatic hydroxyl groups excluding tert-OH is 1. The molecule has 14 heteroatoms. The number of halogens is 1. The molecule has 0 saturated carbocycles. The number of urea groups is 1. The van der Waals surface area contributed by atoms with Gasteiger partial charge in [-0.1, -0.05) is 12.1 Å². The Labute approximate surface area is 243 Å². The molecule has 3 N–H and O–H groups in total.